The first-order valence-electron chi connectivity index (χ1n) is 9.76. The van der Waals surface area contributed by atoms with Gasteiger partial charge in [0.25, 0.3) is 0 Å². The van der Waals surface area contributed by atoms with Crippen molar-refractivity contribution in [3.8, 4) is 0 Å². The van der Waals surface area contributed by atoms with Gasteiger partial charge in [-0.1, -0.05) is 45.2 Å². The van der Waals surface area contributed by atoms with Crippen LogP contribution in [0, 0.1) is 11.8 Å². The van der Waals surface area contributed by atoms with Crippen molar-refractivity contribution in [1.82, 2.24) is 4.57 Å². The zero-order valence-corrected chi connectivity index (χ0v) is 17.5. The molecule has 2 rings (SSSR count). The van der Waals surface area contributed by atoms with E-state index in [0.29, 0.717) is 10.9 Å². The first-order chi connectivity index (χ1) is 12.7. The number of Topliss-reactive ketones (excluding diaryl/α,β-unsaturated/α-hetero) is 1. The summed E-state index contributed by atoms with van der Waals surface area (Å²) in [5.41, 5.74) is 2.74. The maximum atomic E-state index is 13.1. The van der Waals surface area contributed by atoms with E-state index in [2.05, 4.69) is 18.4 Å². The molecule has 0 fully saturated rings. The van der Waals surface area contributed by atoms with Crippen molar-refractivity contribution in [2.75, 3.05) is 0 Å². The molecule has 0 aliphatic heterocycles. The van der Waals surface area contributed by atoms with Gasteiger partial charge in [-0.25, -0.2) is 0 Å². The van der Waals surface area contributed by atoms with E-state index in [9.17, 15) is 9.59 Å². The van der Waals surface area contributed by atoms with Crippen molar-refractivity contribution in [2.45, 2.75) is 59.3 Å². The van der Waals surface area contributed by atoms with Crippen LogP contribution in [0.5, 0.6) is 0 Å². The molecule has 2 unspecified atom stereocenters. The number of hydrogen-bond donors (Lipinski definition) is 1. The number of rotatable bonds is 10. The molecule has 5 heteroatoms. The largest absolute Gasteiger partial charge is 0.481 e. The maximum Gasteiger partial charge on any atom is 0.303 e. The summed E-state index contributed by atoms with van der Waals surface area (Å²) < 4.78 is 2.09. The summed E-state index contributed by atoms with van der Waals surface area (Å²) in [5.74, 6) is -0.388. The van der Waals surface area contributed by atoms with Crippen LogP contribution in [0.2, 0.25) is 5.02 Å². The summed E-state index contributed by atoms with van der Waals surface area (Å²) >= 11 is 6.20. The van der Waals surface area contributed by atoms with E-state index in [1.54, 1.807) is 0 Å². The number of nitrogens with zero attached hydrogens (tertiary/aromatic N) is 1. The molecule has 27 heavy (non-hydrogen) atoms. The Bertz CT molecular complexity index is 825. The van der Waals surface area contributed by atoms with Gasteiger partial charge in [-0.3, -0.25) is 9.59 Å². The zero-order valence-electron chi connectivity index (χ0n) is 16.7. The number of benzene rings is 1. The molecule has 0 radical (unpaired) electrons. The topological polar surface area (TPSA) is 59.3 Å². The van der Waals surface area contributed by atoms with Gasteiger partial charge in [0.15, 0.2) is 5.78 Å². The average molecular weight is 392 g/mol. The smallest absolute Gasteiger partial charge is 0.303 e. The molecule has 148 valence electrons. The van der Waals surface area contributed by atoms with E-state index in [1.165, 1.54) is 0 Å². The van der Waals surface area contributed by atoms with E-state index >= 15 is 0 Å². The SMILES string of the molecule is CCC(C)CCCc1c(C(=O)CC(C)CC(=O)O)c2cc(Cl)ccc2n1C. The predicted molar refractivity (Wildman–Crippen MR) is 111 cm³/mol. The van der Waals surface area contributed by atoms with Crippen LogP contribution in [0.15, 0.2) is 18.2 Å². The van der Waals surface area contributed by atoms with Crippen LogP contribution in [0.4, 0.5) is 0 Å². The number of carboxylic acids is 1. The Hall–Kier alpha value is -1.81. The Balaban J connectivity index is 2.38. The van der Waals surface area contributed by atoms with Gasteiger partial charge >= 0.3 is 5.97 Å². The molecule has 1 heterocycles. The third-order valence-corrected chi connectivity index (χ3v) is 5.66. The molecule has 2 atom stereocenters. The Morgan fingerprint density at radius 2 is 1.89 bits per heavy atom. The van der Waals surface area contributed by atoms with E-state index in [4.69, 9.17) is 16.7 Å². The van der Waals surface area contributed by atoms with Crippen molar-refractivity contribution in [3.05, 3.63) is 34.5 Å². The number of carbonyl (C=O) groups is 2. The van der Waals surface area contributed by atoms with Crippen LogP contribution >= 0.6 is 11.6 Å². The highest BCUT2D eigenvalue weighted by atomic mass is 35.5. The third-order valence-electron chi connectivity index (χ3n) is 5.43. The van der Waals surface area contributed by atoms with Crippen LogP contribution < -0.4 is 0 Å². The van der Waals surface area contributed by atoms with Gasteiger partial charge in [0.05, 0.1) is 0 Å². The number of aliphatic carboxylic acids is 1. The first kappa shape index (κ1) is 21.5. The third kappa shape index (κ3) is 5.35. The highest BCUT2D eigenvalue weighted by Crippen LogP contribution is 2.31. The minimum atomic E-state index is -0.870. The van der Waals surface area contributed by atoms with Crippen LogP contribution in [-0.2, 0) is 18.3 Å². The van der Waals surface area contributed by atoms with E-state index in [-0.39, 0.29) is 24.5 Å². The molecule has 0 saturated heterocycles. The fraction of sp³-hybridized carbons (Fsp3) is 0.545. The Morgan fingerprint density at radius 3 is 2.52 bits per heavy atom. The van der Waals surface area contributed by atoms with E-state index < -0.39 is 5.97 Å². The van der Waals surface area contributed by atoms with Gasteiger partial charge in [0.1, 0.15) is 0 Å². The average Bonchev–Trinajstić information content (AvgIpc) is 2.85. The molecule has 0 aliphatic carbocycles. The predicted octanol–water partition coefficient (Wildman–Crippen LogP) is 5.88. The molecule has 0 aliphatic rings. The van der Waals surface area contributed by atoms with Gasteiger partial charge in [-0.05, 0) is 42.9 Å². The minimum Gasteiger partial charge on any atom is -0.481 e. The lowest BCUT2D eigenvalue weighted by molar-refractivity contribution is -0.137. The fourth-order valence-electron chi connectivity index (χ4n) is 3.68. The highest BCUT2D eigenvalue weighted by molar-refractivity contribution is 6.31. The van der Waals surface area contributed by atoms with E-state index in [1.807, 2.05) is 32.2 Å². The number of hydrogen-bond acceptors (Lipinski definition) is 2. The lowest BCUT2D eigenvalue weighted by Crippen LogP contribution is -2.12. The van der Waals surface area contributed by atoms with Crippen LogP contribution in [0.3, 0.4) is 0 Å². The normalized spacial score (nSPS) is 13.7. The quantitative estimate of drug-likeness (QED) is 0.514. The summed E-state index contributed by atoms with van der Waals surface area (Å²) in [7, 11) is 1.99. The maximum absolute atomic E-state index is 13.1. The van der Waals surface area contributed by atoms with Crippen LogP contribution in [-0.4, -0.2) is 21.4 Å². The number of carbonyl (C=O) groups excluding carboxylic acids is 1. The van der Waals surface area contributed by atoms with Crippen molar-refractivity contribution < 1.29 is 14.7 Å². The number of fused-ring (bicyclic) bond motifs is 1. The number of carboxylic acid groups (broad SMARTS) is 1. The zero-order chi connectivity index (χ0) is 20.1. The standard InChI is InChI=1S/C22H30ClNO3/c1-5-14(2)7-6-8-19-22(20(25)11-15(3)12-21(26)27)17-13-16(23)9-10-18(17)24(19)4/h9-10,13-15H,5-8,11-12H2,1-4H3,(H,26,27). The van der Waals surface area contributed by atoms with Gasteiger partial charge < -0.3 is 9.67 Å². The lowest BCUT2D eigenvalue weighted by atomic mass is 9.93. The molecule has 1 aromatic heterocycles. The Labute approximate surface area is 166 Å². The van der Waals surface area contributed by atoms with Crippen LogP contribution in [0.25, 0.3) is 10.9 Å². The molecule has 0 spiro atoms. The second-order valence-electron chi connectivity index (χ2n) is 7.78. The Kier molecular flexibility index (Phi) is 7.49. The minimum absolute atomic E-state index is 0.000605. The molecule has 1 N–H and O–H groups in total. The molecular weight excluding hydrogens is 362 g/mol. The van der Waals surface area contributed by atoms with Gasteiger partial charge in [0.2, 0.25) is 0 Å². The summed E-state index contributed by atoms with van der Waals surface area (Å²) in [4.78, 5) is 24.1. The van der Waals surface area contributed by atoms with Crippen LogP contribution in [0.1, 0.15) is 68.9 Å². The summed E-state index contributed by atoms with van der Waals surface area (Å²) in [5, 5.41) is 10.5. The van der Waals surface area contributed by atoms with Crippen molar-refractivity contribution in [2.24, 2.45) is 18.9 Å². The Morgan fingerprint density at radius 1 is 1.19 bits per heavy atom. The molecule has 2 aromatic rings. The number of aryl methyl sites for hydroxylation is 1. The summed E-state index contributed by atoms with van der Waals surface area (Å²) in [6.45, 7) is 6.26. The highest BCUT2D eigenvalue weighted by Gasteiger charge is 2.23. The van der Waals surface area contributed by atoms with Gasteiger partial charge in [0, 0.05) is 47.1 Å². The summed E-state index contributed by atoms with van der Waals surface area (Å²) in [6.07, 6.45) is 4.38. The summed E-state index contributed by atoms with van der Waals surface area (Å²) in [6, 6.07) is 5.64. The lowest BCUT2D eigenvalue weighted by Gasteiger charge is -2.12. The molecule has 1 aromatic carbocycles. The second-order valence-corrected chi connectivity index (χ2v) is 8.21. The molecule has 4 nitrogen and oxygen atoms in total. The monoisotopic (exact) mass is 391 g/mol. The van der Waals surface area contributed by atoms with Crippen molar-refractivity contribution in [1.29, 1.82) is 0 Å². The number of aromatic nitrogens is 1. The van der Waals surface area contributed by atoms with Crippen molar-refractivity contribution >= 4 is 34.3 Å². The van der Waals surface area contributed by atoms with Gasteiger partial charge in [-0.2, -0.15) is 0 Å². The van der Waals surface area contributed by atoms with E-state index in [0.717, 1.165) is 47.8 Å². The van der Waals surface area contributed by atoms with Gasteiger partial charge in [-0.15, -0.1) is 0 Å². The molecule has 0 bridgehead atoms. The first-order valence-corrected chi connectivity index (χ1v) is 10.1. The molecular formula is C22H30ClNO3. The molecule has 0 amide bonds. The second kappa shape index (κ2) is 9.41. The van der Waals surface area contributed by atoms with Crippen molar-refractivity contribution in [3.63, 3.8) is 0 Å². The fourth-order valence-corrected chi connectivity index (χ4v) is 3.86. The molecule has 0 saturated carbocycles. The number of halogens is 1. The number of ketones is 1.